The summed E-state index contributed by atoms with van der Waals surface area (Å²) in [7, 11) is 1.86. The van der Waals surface area contributed by atoms with Gasteiger partial charge in [-0.1, -0.05) is 30.3 Å². The molecule has 0 amide bonds. The second-order valence-electron chi connectivity index (χ2n) is 5.40. The minimum Gasteiger partial charge on any atom is -0.304 e. The monoisotopic (exact) mass is 257 g/mol. The Balaban J connectivity index is 1.75. The summed E-state index contributed by atoms with van der Waals surface area (Å²) in [6, 6.07) is 13.0. The molecule has 0 radical (unpaired) electrons. The van der Waals surface area contributed by atoms with Gasteiger partial charge in [0.25, 0.3) is 0 Å². The van der Waals surface area contributed by atoms with E-state index in [2.05, 4.69) is 46.6 Å². The zero-order chi connectivity index (χ0) is 13.5. The highest BCUT2D eigenvalue weighted by molar-refractivity contribution is 5.15. The molecule has 1 aliphatic rings. The van der Waals surface area contributed by atoms with E-state index < -0.39 is 0 Å². The summed E-state index contributed by atoms with van der Waals surface area (Å²) < 4.78 is 0. The number of nitrogens with zero attached hydrogens (tertiary/aromatic N) is 2. The highest BCUT2D eigenvalue weighted by Gasteiger charge is 2.21. The Bertz CT molecular complexity index is 402. The van der Waals surface area contributed by atoms with Crippen LogP contribution >= 0.6 is 0 Å². The molecule has 19 heavy (non-hydrogen) atoms. The lowest BCUT2D eigenvalue weighted by molar-refractivity contribution is 0.177. The highest BCUT2D eigenvalue weighted by atomic mass is 15.1. The summed E-state index contributed by atoms with van der Waals surface area (Å²) in [6.45, 7) is 3.10. The second-order valence-corrected chi connectivity index (χ2v) is 5.40. The molecule has 1 heterocycles. The molecule has 0 aliphatic carbocycles. The molecule has 1 aliphatic heterocycles. The van der Waals surface area contributed by atoms with Gasteiger partial charge in [-0.15, -0.1) is 0 Å². The summed E-state index contributed by atoms with van der Waals surface area (Å²) in [5, 5.41) is 12.0. The van der Waals surface area contributed by atoms with Crippen molar-refractivity contribution in [1.82, 2.24) is 10.2 Å². The average molecular weight is 257 g/mol. The maximum absolute atomic E-state index is 8.96. The number of likely N-dealkylation sites (N-methyl/N-ethyl adjacent to an activating group) is 1. The average Bonchev–Trinajstić information content (AvgIpc) is 2.47. The smallest absolute Gasteiger partial charge is 0.108 e. The maximum Gasteiger partial charge on any atom is 0.108 e. The van der Waals surface area contributed by atoms with Crippen LogP contribution in [-0.4, -0.2) is 37.6 Å². The van der Waals surface area contributed by atoms with Crippen molar-refractivity contribution >= 4 is 0 Å². The molecule has 1 atom stereocenters. The fraction of sp³-hybridized carbons (Fsp3) is 0.562. The molecule has 3 heteroatoms. The van der Waals surface area contributed by atoms with Crippen molar-refractivity contribution < 1.29 is 0 Å². The number of rotatable bonds is 5. The first-order valence-corrected chi connectivity index (χ1v) is 7.15. The zero-order valence-corrected chi connectivity index (χ0v) is 11.7. The van der Waals surface area contributed by atoms with E-state index in [-0.39, 0.29) is 6.04 Å². The van der Waals surface area contributed by atoms with Crippen molar-refractivity contribution in [2.24, 2.45) is 5.92 Å². The third-order valence-electron chi connectivity index (χ3n) is 4.02. The van der Waals surface area contributed by atoms with Crippen LogP contribution in [-0.2, 0) is 6.42 Å². The van der Waals surface area contributed by atoms with Crippen molar-refractivity contribution in [2.45, 2.75) is 25.3 Å². The molecule has 1 aromatic rings. The van der Waals surface area contributed by atoms with Crippen molar-refractivity contribution in [3.05, 3.63) is 35.9 Å². The molecule has 1 N–H and O–H groups in total. The normalized spacial score (nSPS) is 18.9. The fourth-order valence-corrected chi connectivity index (χ4v) is 2.78. The van der Waals surface area contributed by atoms with E-state index >= 15 is 0 Å². The predicted octanol–water partition coefficient (Wildman–Crippen LogP) is 2.05. The van der Waals surface area contributed by atoms with Gasteiger partial charge in [-0.05, 0) is 50.9 Å². The number of piperidine rings is 1. The third-order valence-corrected chi connectivity index (χ3v) is 4.02. The molecule has 2 rings (SSSR count). The standard InChI is InChI=1S/C16H23N3/c1-18-16(12-17)13-19-9-7-15(8-10-19)11-14-5-3-2-4-6-14/h2-6,15-16,18H,7-11,13H2,1H3. The van der Waals surface area contributed by atoms with Gasteiger partial charge >= 0.3 is 0 Å². The van der Waals surface area contributed by atoms with Gasteiger partial charge in [-0.2, -0.15) is 5.26 Å². The van der Waals surface area contributed by atoms with E-state index in [4.69, 9.17) is 5.26 Å². The van der Waals surface area contributed by atoms with Crippen molar-refractivity contribution in [3.63, 3.8) is 0 Å². The van der Waals surface area contributed by atoms with E-state index in [1.54, 1.807) is 0 Å². The molecule has 0 aromatic heterocycles. The van der Waals surface area contributed by atoms with Crippen molar-refractivity contribution in [2.75, 3.05) is 26.7 Å². The number of benzene rings is 1. The second kappa shape index (κ2) is 7.28. The topological polar surface area (TPSA) is 39.1 Å². The van der Waals surface area contributed by atoms with E-state index in [1.807, 2.05) is 7.05 Å². The van der Waals surface area contributed by atoms with E-state index in [9.17, 15) is 0 Å². The first kappa shape index (κ1) is 14.0. The van der Waals surface area contributed by atoms with Crippen molar-refractivity contribution in [3.8, 4) is 6.07 Å². The van der Waals surface area contributed by atoms with Crippen LogP contribution in [0.2, 0.25) is 0 Å². The zero-order valence-electron chi connectivity index (χ0n) is 11.7. The SMILES string of the molecule is CNC(C#N)CN1CCC(Cc2ccccc2)CC1. The van der Waals surface area contributed by atoms with Crippen LogP contribution in [0.1, 0.15) is 18.4 Å². The largest absolute Gasteiger partial charge is 0.304 e. The summed E-state index contributed by atoms with van der Waals surface area (Å²) in [5.41, 5.74) is 1.45. The third kappa shape index (κ3) is 4.34. The molecule has 1 fully saturated rings. The van der Waals surface area contributed by atoms with Crippen LogP contribution in [0.5, 0.6) is 0 Å². The minimum atomic E-state index is -0.0364. The number of hydrogen-bond acceptors (Lipinski definition) is 3. The van der Waals surface area contributed by atoms with Gasteiger partial charge in [0.15, 0.2) is 0 Å². The molecular weight excluding hydrogens is 234 g/mol. The Morgan fingerprint density at radius 1 is 1.32 bits per heavy atom. The number of nitriles is 1. The lowest BCUT2D eigenvalue weighted by atomic mass is 9.90. The molecule has 1 aromatic carbocycles. The van der Waals surface area contributed by atoms with Gasteiger partial charge in [0.05, 0.1) is 6.07 Å². The van der Waals surface area contributed by atoms with Crippen LogP contribution in [0.3, 0.4) is 0 Å². The fourth-order valence-electron chi connectivity index (χ4n) is 2.78. The molecule has 3 nitrogen and oxygen atoms in total. The molecular formula is C16H23N3. The Morgan fingerprint density at radius 2 is 2.00 bits per heavy atom. The summed E-state index contributed by atoms with van der Waals surface area (Å²) in [4.78, 5) is 2.41. The van der Waals surface area contributed by atoms with Crippen LogP contribution in [0, 0.1) is 17.2 Å². The Kier molecular flexibility index (Phi) is 5.38. The summed E-state index contributed by atoms with van der Waals surface area (Å²) in [6.07, 6.45) is 3.69. The number of hydrogen-bond donors (Lipinski definition) is 1. The molecule has 0 bridgehead atoms. The van der Waals surface area contributed by atoms with Gasteiger partial charge in [-0.25, -0.2) is 0 Å². The van der Waals surface area contributed by atoms with Gasteiger partial charge in [-0.3, -0.25) is 0 Å². The van der Waals surface area contributed by atoms with Gasteiger partial charge in [0.1, 0.15) is 6.04 Å². The lowest BCUT2D eigenvalue weighted by Gasteiger charge is -2.33. The molecule has 1 unspecified atom stereocenters. The summed E-state index contributed by atoms with van der Waals surface area (Å²) in [5.74, 6) is 0.800. The first-order valence-electron chi connectivity index (χ1n) is 7.15. The number of nitrogens with one attached hydrogen (secondary N) is 1. The Labute approximate surface area is 116 Å². The lowest BCUT2D eigenvalue weighted by Crippen LogP contribution is -2.42. The minimum absolute atomic E-state index is 0.0364. The van der Waals surface area contributed by atoms with E-state index in [0.717, 1.165) is 25.6 Å². The van der Waals surface area contributed by atoms with Crippen LogP contribution in [0.4, 0.5) is 0 Å². The Morgan fingerprint density at radius 3 is 2.58 bits per heavy atom. The van der Waals surface area contributed by atoms with E-state index in [1.165, 1.54) is 24.8 Å². The predicted molar refractivity (Wildman–Crippen MR) is 77.8 cm³/mol. The molecule has 0 saturated carbocycles. The van der Waals surface area contributed by atoms with Gasteiger partial charge < -0.3 is 10.2 Å². The number of likely N-dealkylation sites (tertiary alicyclic amines) is 1. The highest BCUT2D eigenvalue weighted by Crippen LogP contribution is 2.21. The van der Waals surface area contributed by atoms with E-state index in [0.29, 0.717) is 0 Å². The van der Waals surface area contributed by atoms with Crippen LogP contribution in [0.15, 0.2) is 30.3 Å². The quantitative estimate of drug-likeness (QED) is 0.877. The van der Waals surface area contributed by atoms with Crippen LogP contribution < -0.4 is 5.32 Å². The molecule has 1 saturated heterocycles. The van der Waals surface area contributed by atoms with Crippen molar-refractivity contribution in [1.29, 1.82) is 5.26 Å². The summed E-state index contributed by atoms with van der Waals surface area (Å²) >= 11 is 0. The molecule has 102 valence electrons. The molecule has 0 spiro atoms. The van der Waals surface area contributed by atoms with Crippen LogP contribution in [0.25, 0.3) is 0 Å². The Hall–Kier alpha value is -1.37. The van der Waals surface area contributed by atoms with Gasteiger partial charge in [0.2, 0.25) is 0 Å². The maximum atomic E-state index is 8.96. The van der Waals surface area contributed by atoms with Gasteiger partial charge in [0, 0.05) is 6.54 Å². The first-order chi connectivity index (χ1) is 9.31.